The molecule has 0 atom stereocenters. The van der Waals surface area contributed by atoms with Crippen LogP contribution in [0.2, 0.25) is 0 Å². The van der Waals surface area contributed by atoms with Crippen molar-refractivity contribution < 1.29 is 9.90 Å². The molecular weight excluding hydrogens is 253 g/mol. The van der Waals surface area contributed by atoms with Gasteiger partial charge in [0.1, 0.15) is 0 Å². The average Bonchev–Trinajstić information content (AvgIpc) is 0.811. The fourth-order valence-electron chi connectivity index (χ4n) is 0. The Bertz CT molecular complexity index is 29.0. The summed E-state index contributed by atoms with van der Waals surface area (Å²) in [6.45, 7) is 0. The quantitative estimate of drug-likeness (QED) is 0.651. The van der Waals surface area contributed by atoms with Crippen molar-refractivity contribution >= 4 is 28.7 Å². The van der Waals surface area contributed by atoms with Crippen LogP contribution in [0, 0.1) is 0 Å². The van der Waals surface area contributed by atoms with Gasteiger partial charge in [-0.15, -0.1) is 0 Å². The molecule has 0 saturated carbocycles. The molecule has 0 aliphatic carbocycles. The van der Waals surface area contributed by atoms with Crippen molar-refractivity contribution in [1.82, 2.24) is 0 Å². The molecule has 0 rings (SSSR count). The number of rotatable bonds is 0. The molecule has 3 heteroatoms. The summed E-state index contributed by atoms with van der Waals surface area (Å²) in [7, 11) is 0. The molecular formula is CHO2Po. The van der Waals surface area contributed by atoms with E-state index in [1.165, 1.54) is 0 Å². The van der Waals surface area contributed by atoms with Crippen LogP contribution >= 0.6 is 0 Å². The molecule has 1 radical (unpaired) electrons. The van der Waals surface area contributed by atoms with Gasteiger partial charge < -0.3 is 0 Å². The van der Waals surface area contributed by atoms with Crippen LogP contribution in [-0.2, 0) is 0 Å². The Labute approximate surface area is 38.9 Å². The molecule has 1 N–H and O–H groups in total. The van der Waals surface area contributed by atoms with Crippen LogP contribution in [0.1, 0.15) is 0 Å². The third kappa shape index (κ3) is 32.9. The van der Waals surface area contributed by atoms with Crippen molar-refractivity contribution in [2.45, 2.75) is 0 Å². The van der Waals surface area contributed by atoms with Crippen LogP contribution in [0.4, 0.5) is 4.79 Å². The normalized spacial score (nSPS) is 6.00. The second kappa shape index (κ2) is 1.66. The SMILES string of the molecule is O=[C](O)[Po]. The summed E-state index contributed by atoms with van der Waals surface area (Å²) in [4.78, 5) is 9.04. The number of hydrogen-bond donors (Lipinski definition) is 1. The van der Waals surface area contributed by atoms with E-state index in [-0.39, 0.29) is 0 Å². The van der Waals surface area contributed by atoms with Gasteiger partial charge in [0.15, 0.2) is 0 Å². The van der Waals surface area contributed by atoms with Gasteiger partial charge in [-0.2, -0.15) is 0 Å². The maximum absolute atomic E-state index is 9.04. The van der Waals surface area contributed by atoms with Gasteiger partial charge >= 0.3 is 38.6 Å². The van der Waals surface area contributed by atoms with E-state index >= 15 is 0 Å². The fraction of sp³-hybridized carbons (Fsp3) is 0. The minimum absolute atomic E-state index is 0.593. The van der Waals surface area contributed by atoms with Crippen LogP contribution in [0.25, 0.3) is 0 Å². The van der Waals surface area contributed by atoms with Crippen LogP contribution < -0.4 is 0 Å². The summed E-state index contributed by atoms with van der Waals surface area (Å²) >= 11 is 0.593. The van der Waals surface area contributed by atoms with Gasteiger partial charge in [-0.25, -0.2) is 0 Å². The van der Waals surface area contributed by atoms with Crippen LogP contribution in [-0.4, -0.2) is 33.8 Å². The van der Waals surface area contributed by atoms with Crippen molar-refractivity contribution in [2.75, 3.05) is 0 Å². The van der Waals surface area contributed by atoms with Crippen molar-refractivity contribution in [3.05, 3.63) is 0 Å². The van der Waals surface area contributed by atoms with E-state index in [2.05, 4.69) is 0 Å². The molecule has 0 aliphatic rings. The third-order valence-electron chi connectivity index (χ3n) is 0. The van der Waals surface area contributed by atoms with Gasteiger partial charge in [0.05, 0.1) is 0 Å². The summed E-state index contributed by atoms with van der Waals surface area (Å²) < 4.78 is -0.750. The first-order chi connectivity index (χ1) is 1.73. The van der Waals surface area contributed by atoms with E-state index in [4.69, 9.17) is 9.90 Å². The number of hydrogen-bond acceptors (Lipinski definition) is 1. The summed E-state index contributed by atoms with van der Waals surface area (Å²) in [5.74, 6) is 0. The second-order valence-corrected chi connectivity index (χ2v) is 1.62. The van der Waals surface area contributed by atoms with Crippen molar-refractivity contribution in [1.29, 1.82) is 0 Å². The molecule has 4 heavy (non-hydrogen) atoms. The van der Waals surface area contributed by atoms with E-state index in [0.29, 0.717) is 25.1 Å². The number of carbonyl (C=O) groups is 1. The van der Waals surface area contributed by atoms with Gasteiger partial charge in [0, 0.05) is 0 Å². The third-order valence-corrected chi connectivity index (χ3v) is 0. The van der Waals surface area contributed by atoms with E-state index in [9.17, 15) is 0 Å². The van der Waals surface area contributed by atoms with E-state index in [1.54, 1.807) is 0 Å². The fourth-order valence-corrected chi connectivity index (χ4v) is 0. The molecule has 0 unspecified atom stereocenters. The first-order valence-corrected chi connectivity index (χ1v) is 2.22. The van der Waals surface area contributed by atoms with Crippen molar-refractivity contribution in [3.63, 3.8) is 0 Å². The summed E-state index contributed by atoms with van der Waals surface area (Å²) in [6, 6.07) is 0. The molecule has 2 nitrogen and oxygen atoms in total. The zero-order valence-electron chi connectivity index (χ0n) is 1.76. The van der Waals surface area contributed by atoms with Crippen molar-refractivity contribution in [3.8, 4) is 0 Å². The Balaban J connectivity index is 2.80. The zero-order chi connectivity index (χ0) is 3.58. The summed E-state index contributed by atoms with van der Waals surface area (Å²) in [5.41, 5.74) is 0. The van der Waals surface area contributed by atoms with Gasteiger partial charge in [0.25, 0.3) is 0 Å². The summed E-state index contributed by atoms with van der Waals surface area (Å²) in [6.07, 6.45) is 0. The Hall–Kier alpha value is 0.366. The molecule has 0 saturated heterocycles. The van der Waals surface area contributed by atoms with Crippen molar-refractivity contribution in [2.24, 2.45) is 0 Å². The van der Waals surface area contributed by atoms with Crippen LogP contribution in [0.15, 0.2) is 0 Å². The second-order valence-electron chi connectivity index (χ2n) is 0.266. The van der Waals surface area contributed by atoms with Gasteiger partial charge in [-0.05, 0) is 0 Å². The molecule has 0 spiro atoms. The molecule has 0 aromatic heterocycles. The average molecular weight is 254 g/mol. The number of carboxylic acid groups (broad SMARTS) is 1. The van der Waals surface area contributed by atoms with Crippen LogP contribution in [0.5, 0.6) is 0 Å². The molecule has 23 valence electrons. The Morgan fingerprint density at radius 1 is 2.00 bits per heavy atom. The first kappa shape index (κ1) is 4.37. The molecule has 0 amide bonds. The molecule has 0 aromatic carbocycles. The van der Waals surface area contributed by atoms with E-state index < -0.39 is 3.63 Å². The van der Waals surface area contributed by atoms with Gasteiger partial charge in [-0.3, -0.25) is 0 Å². The zero-order valence-corrected chi connectivity index (χ0v) is 4.94. The Morgan fingerprint density at radius 3 is 2.00 bits per heavy atom. The minimum atomic E-state index is -0.750. The Kier molecular flexibility index (Phi) is 1.82. The predicted octanol–water partition coefficient (Wildman–Crippen LogP) is -0.167. The molecule has 0 aromatic rings. The monoisotopic (exact) mass is 254 g/mol. The molecule has 0 aliphatic heterocycles. The summed E-state index contributed by atoms with van der Waals surface area (Å²) in [5, 5.41) is 7.45. The maximum atomic E-state index is 9.04. The Morgan fingerprint density at radius 2 is 2.00 bits per heavy atom. The van der Waals surface area contributed by atoms with Crippen LogP contribution in [0.3, 0.4) is 0 Å². The van der Waals surface area contributed by atoms with E-state index in [0.717, 1.165) is 0 Å². The topological polar surface area (TPSA) is 37.3 Å². The van der Waals surface area contributed by atoms with Gasteiger partial charge in [-0.1, -0.05) is 0 Å². The standard InChI is InChI=1S/CHO2.Po/c2-1-3;/h(H,2,3);. The predicted molar refractivity (Wildman–Crippen MR) is 13.8 cm³/mol. The molecule has 0 bridgehead atoms. The molecule has 0 heterocycles. The first-order valence-electron chi connectivity index (χ1n) is 0.632. The van der Waals surface area contributed by atoms with E-state index in [1.807, 2.05) is 0 Å². The van der Waals surface area contributed by atoms with Gasteiger partial charge in [0.2, 0.25) is 0 Å². The molecule has 0 fully saturated rings.